The van der Waals surface area contributed by atoms with Gasteiger partial charge in [-0.05, 0) is 59.6 Å². The molecule has 1 heterocycles. The Morgan fingerprint density at radius 1 is 1.08 bits per heavy atom. The van der Waals surface area contributed by atoms with Crippen molar-refractivity contribution in [3.05, 3.63) is 70.5 Å². The Hall–Kier alpha value is -2.20. The van der Waals surface area contributed by atoms with Crippen LogP contribution in [-0.2, 0) is 17.6 Å². The molecule has 0 radical (unpaired) electrons. The van der Waals surface area contributed by atoms with E-state index < -0.39 is 0 Å². The Morgan fingerprint density at radius 3 is 2.69 bits per heavy atom. The highest BCUT2D eigenvalue weighted by Gasteiger charge is 2.27. The van der Waals surface area contributed by atoms with Crippen LogP contribution >= 0.6 is 0 Å². The van der Waals surface area contributed by atoms with Crippen molar-refractivity contribution >= 4 is 5.91 Å². The van der Waals surface area contributed by atoms with Crippen LogP contribution in [0, 0.1) is 5.82 Å². The summed E-state index contributed by atoms with van der Waals surface area (Å²) in [5, 5.41) is 6.24. The number of carbonyl (C=O) groups is 1. The minimum absolute atomic E-state index is 0.0552. The van der Waals surface area contributed by atoms with Crippen molar-refractivity contribution in [3.63, 3.8) is 0 Å². The molecule has 0 bridgehead atoms. The van der Waals surface area contributed by atoms with Crippen LogP contribution in [0.1, 0.15) is 48.4 Å². The Kier molecular flexibility index (Phi) is 6.04. The largest absolute Gasteiger partial charge is 0.351 e. The molecule has 2 atom stereocenters. The lowest BCUT2D eigenvalue weighted by Gasteiger charge is -2.28. The highest BCUT2D eigenvalue weighted by molar-refractivity contribution is 5.79. The fourth-order valence-electron chi connectivity index (χ4n) is 4.02. The highest BCUT2D eigenvalue weighted by atomic mass is 19.1. The van der Waals surface area contributed by atoms with E-state index in [1.165, 1.54) is 16.7 Å². The zero-order valence-electron chi connectivity index (χ0n) is 15.5. The lowest BCUT2D eigenvalue weighted by Crippen LogP contribution is -2.52. The van der Waals surface area contributed by atoms with Crippen molar-refractivity contribution in [1.82, 2.24) is 10.6 Å². The minimum Gasteiger partial charge on any atom is -0.351 e. The first-order chi connectivity index (χ1) is 12.7. The molecule has 1 fully saturated rings. The lowest BCUT2D eigenvalue weighted by molar-refractivity contribution is -0.122. The van der Waals surface area contributed by atoms with Crippen molar-refractivity contribution in [2.75, 3.05) is 13.1 Å². The zero-order valence-corrected chi connectivity index (χ0v) is 15.5. The van der Waals surface area contributed by atoms with Crippen LogP contribution in [-0.4, -0.2) is 25.0 Å². The second kappa shape index (κ2) is 8.45. The van der Waals surface area contributed by atoms with Crippen LogP contribution in [0.4, 0.5) is 4.39 Å². The predicted octanol–water partition coefficient (Wildman–Crippen LogP) is 3.56. The van der Waals surface area contributed by atoms with Crippen LogP contribution in [0.15, 0.2) is 42.5 Å². The Bertz CT molecular complexity index is 774. The van der Waals surface area contributed by atoms with Gasteiger partial charge >= 0.3 is 0 Å². The smallest absolute Gasteiger partial charge is 0.234 e. The molecule has 1 unspecified atom stereocenters. The van der Waals surface area contributed by atoms with Gasteiger partial charge in [-0.3, -0.25) is 4.79 Å². The molecule has 1 aliphatic heterocycles. The molecule has 2 aliphatic rings. The third kappa shape index (κ3) is 4.13. The van der Waals surface area contributed by atoms with Gasteiger partial charge in [-0.25, -0.2) is 4.39 Å². The molecular weight excluding hydrogens is 327 g/mol. The first kappa shape index (κ1) is 18.6. The van der Waals surface area contributed by atoms with Gasteiger partial charge in [0.05, 0.1) is 6.54 Å². The first-order valence-corrected chi connectivity index (χ1v) is 9.54. The molecule has 0 spiro atoms. The topological polar surface area (TPSA) is 41.1 Å². The van der Waals surface area contributed by atoms with Gasteiger partial charge < -0.3 is 10.6 Å². The average molecular weight is 354 g/mol. The van der Waals surface area contributed by atoms with Gasteiger partial charge in [0, 0.05) is 12.6 Å². The Morgan fingerprint density at radius 2 is 1.88 bits per heavy atom. The molecule has 4 rings (SSSR count). The molecule has 1 saturated heterocycles. The number of benzene rings is 2. The van der Waals surface area contributed by atoms with Crippen molar-refractivity contribution in [2.45, 2.75) is 45.1 Å². The van der Waals surface area contributed by atoms with Gasteiger partial charge in [-0.2, -0.15) is 0 Å². The van der Waals surface area contributed by atoms with Crippen molar-refractivity contribution in [1.29, 1.82) is 0 Å². The standard InChI is InChI=1S/C20H21FN2O.C2H6/c21-17-6-5-13-7-14-3-1-2-4-19(14)16(8-15(13)9-17)10-18-11-22-12-20(24)23-18;1-2/h1-6,9,16,18,22H,7-8,10-12H2,(H,23,24);1-2H3/t16?,18-;/m1./s1. The molecular formula is C22H27FN2O. The quantitative estimate of drug-likeness (QED) is 0.866. The van der Waals surface area contributed by atoms with Crippen molar-refractivity contribution in [2.24, 2.45) is 0 Å². The van der Waals surface area contributed by atoms with E-state index in [2.05, 4.69) is 34.9 Å². The summed E-state index contributed by atoms with van der Waals surface area (Å²) in [6, 6.07) is 13.7. The second-order valence-corrected chi connectivity index (χ2v) is 6.82. The summed E-state index contributed by atoms with van der Waals surface area (Å²) in [4.78, 5) is 11.6. The lowest BCUT2D eigenvalue weighted by atomic mass is 9.86. The monoisotopic (exact) mass is 354 g/mol. The molecule has 1 aliphatic carbocycles. The number of rotatable bonds is 2. The molecule has 2 aromatic rings. The van der Waals surface area contributed by atoms with Gasteiger partial charge in [0.2, 0.25) is 5.91 Å². The molecule has 0 saturated carbocycles. The molecule has 3 nitrogen and oxygen atoms in total. The number of fused-ring (bicyclic) bond motifs is 2. The minimum atomic E-state index is -0.175. The van der Waals surface area contributed by atoms with Crippen LogP contribution in [0.2, 0.25) is 0 Å². The number of hydrogen-bond acceptors (Lipinski definition) is 2. The van der Waals surface area contributed by atoms with E-state index in [-0.39, 0.29) is 23.7 Å². The summed E-state index contributed by atoms with van der Waals surface area (Å²) in [5.74, 6) is 0.167. The third-order valence-electron chi connectivity index (χ3n) is 5.12. The maximum absolute atomic E-state index is 13.7. The van der Waals surface area contributed by atoms with Gasteiger partial charge in [-0.1, -0.05) is 44.2 Å². The molecule has 138 valence electrons. The number of piperazine rings is 1. The molecule has 2 N–H and O–H groups in total. The molecule has 0 aromatic heterocycles. The number of hydrogen-bond donors (Lipinski definition) is 2. The van der Waals surface area contributed by atoms with E-state index in [4.69, 9.17) is 0 Å². The van der Waals surface area contributed by atoms with E-state index >= 15 is 0 Å². The summed E-state index contributed by atoms with van der Waals surface area (Å²) in [6.07, 6.45) is 2.53. The summed E-state index contributed by atoms with van der Waals surface area (Å²) < 4.78 is 13.7. The van der Waals surface area contributed by atoms with E-state index in [0.29, 0.717) is 6.54 Å². The maximum Gasteiger partial charge on any atom is 0.234 e. The summed E-state index contributed by atoms with van der Waals surface area (Å²) in [5.41, 5.74) is 4.93. The summed E-state index contributed by atoms with van der Waals surface area (Å²) in [6.45, 7) is 5.19. The van der Waals surface area contributed by atoms with E-state index in [0.717, 1.165) is 31.4 Å². The van der Waals surface area contributed by atoms with E-state index in [9.17, 15) is 9.18 Å². The number of nitrogens with one attached hydrogen (secondary N) is 2. The van der Waals surface area contributed by atoms with Gasteiger partial charge in [0.25, 0.3) is 0 Å². The maximum atomic E-state index is 13.7. The van der Waals surface area contributed by atoms with E-state index in [1.807, 2.05) is 19.9 Å². The molecule has 2 aromatic carbocycles. The normalized spacial score (nSPS) is 21.4. The zero-order chi connectivity index (χ0) is 18.5. The van der Waals surface area contributed by atoms with Gasteiger partial charge in [0.1, 0.15) is 5.82 Å². The fraction of sp³-hybridized carbons (Fsp3) is 0.409. The Balaban J connectivity index is 0.000000948. The van der Waals surface area contributed by atoms with Gasteiger partial charge in [-0.15, -0.1) is 0 Å². The molecule has 1 amide bonds. The SMILES string of the molecule is CC.O=C1CNC[C@@H](CC2Cc3cc(F)ccc3Cc3ccccc32)N1. The molecule has 26 heavy (non-hydrogen) atoms. The number of halogens is 1. The third-order valence-corrected chi connectivity index (χ3v) is 5.12. The van der Waals surface area contributed by atoms with Crippen LogP contribution in [0.25, 0.3) is 0 Å². The highest BCUT2D eigenvalue weighted by Crippen LogP contribution is 2.35. The van der Waals surface area contributed by atoms with Crippen LogP contribution < -0.4 is 10.6 Å². The van der Waals surface area contributed by atoms with Crippen LogP contribution in [0.3, 0.4) is 0 Å². The van der Waals surface area contributed by atoms with Gasteiger partial charge in [0.15, 0.2) is 0 Å². The van der Waals surface area contributed by atoms with Crippen molar-refractivity contribution < 1.29 is 9.18 Å². The summed E-state index contributed by atoms with van der Waals surface area (Å²) >= 11 is 0. The summed E-state index contributed by atoms with van der Waals surface area (Å²) in [7, 11) is 0. The Labute approximate surface area is 155 Å². The van der Waals surface area contributed by atoms with Crippen molar-refractivity contribution in [3.8, 4) is 0 Å². The fourth-order valence-corrected chi connectivity index (χ4v) is 4.02. The van der Waals surface area contributed by atoms with E-state index in [1.54, 1.807) is 12.1 Å². The molecule has 4 heteroatoms. The van der Waals surface area contributed by atoms with Crippen LogP contribution in [0.5, 0.6) is 0 Å². The second-order valence-electron chi connectivity index (χ2n) is 6.82. The first-order valence-electron chi connectivity index (χ1n) is 9.54. The predicted molar refractivity (Wildman–Crippen MR) is 103 cm³/mol. The number of amides is 1. The number of carbonyl (C=O) groups excluding carboxylic acids is 1. The average Bonchev–Trinajstić information content (AvgIpc) is 2.80.